The van der Waals surface area contributed by atoms with E-state index in [9.17, 15) is 9.90 Å². The van der Waals surface area contributed by atoms with Crippen LogP contribution < -0.4 is 15.7 Å². The van der Waals surface area contributed by atoms with Crippen molar-refractivity contribution < 1.29 is 9.84 Å². The average molecular weight is 421 g/mol. The molecule has 0 aliphatic rings. The Hall–Kier alpha value is -3.84. The van der Waals surface area contributed by atoms with E-state index >= 15 is 0 Å². The quantitative estimate of drug-likeness (QED) is 0.373. The van der Waals surface area contributed by atoms with Gasteiger partial charge in [-0.25, -0.2) is 0 Å². The highest BCUT2D eigenvalue weighted by molar-refractivity contribution is 6.33. The minimum absolute atomic E-state index is 0.0555. The van der Waals surface area contributed by atoms with Gasteiger partial charge in [-0.2, -0.15) is 14.9 Å². The third kappa shape index (κ3) is 3.70. The number of ether oxygens (including phenoxy) is 1. The number of aromatic nitrogens is 2. The third-order valence-electron chi connectivity index (χ3n) is 4.56. The van der Waals surface area contributed by atoms with E-state index < -0.39 is 5.56 Å². The number of phenolic OH excluding ortho intramolecular Hbond substituents is 1. The highest BCUT2D eigenvalue weighted by atomic mass is 35.5. The van der Waals surface area contributed by atoms with Crippen LogP contribution in [0, 0.1) is 0 Å². The lowest BCUT2D eigenvalue weighted by Gasteiger charge is -2.09. The summed E-state index contributed by atoms with van der Waals surface area (Å²) in [4.78, 5) is 12.6. The van der Waals surface area contributed by atoms with Gasteiger partial charge in [-0.1, -0.05) is 41.9 Å². The standard InChI is InChI=1S/C22H17ClN4O3/c1-30-16-9-7-15(8-10-16)27-22(29)21(23)19(13-25-27)26-24-12-18-17-5-3-2-4-14(17)6-11-20(18)28/h2-13,26,28H,1H3/b24-12-. The zero-order valence-corrected chi connectivity index (χ0v) is 16.7. The number of rotatable bonds is 5. The van der Waals surface area contributed by atoms with E-state index in [4.69, 9.17) is 16.3 Å². The minimum Gasteiger partial charge on any atom is -0.507 e. The van der Waals surface area contributed by atoms with E-state index in [-0.39, 0.29) is 16.5 Å². The molecule has 0 atom stereocenters. The fraction of sp³-hybridized carbons (Fsp3) is 0.0455. The fourth-order valence-corrected chi connectivity index (χ4v) is 3.18. The van der Waals surface area contributed by atoms with E-state index in [1.165, 1.54) is 17.1 Å². The van der Waals surface area contributed by atoms with Gasteiger partial charge in [0.05, 0.1) is 25.2 Å². The molecule has 150 valence electrons. The first kappa shape index (κ1) is 19.5. The Balaban J connectivity index is 1.61. The van der Waals surface area contributed by atoms with Crippen molar-refractivity contribution in [3.05, 3.63) is 87.8 Å². The Bertz CT molecular complexity index is 1300. The van der Waals surface area contributed by atoms with Crippen molar-refractivity contribution >= 4 is 34.3 Å². The molecule has 0 aliphatic heterocycles. The van der Waals surface area contributed by atoms with E-state index in [1.807, 2.05) is 30.3 Å². The average Bonchev–Trinajstić information content (AvgIpc) is 2.78. The van der Waals surface area contributed by atoms with Crippen molar-refractivity contribution in [3.63, 3.8) is 0 Å². The van der Waals surface area contributed by atoms with Crippen LogP contribution in [-0.4, -0.2) is 28.2 Å². The van der Waals surface area contributed by atoms with Gasteiger partial charge in [-0.3, -0.25) is 10.2 Å². The molecule has 1 heterocycles. The van der Waals surface area contributed by atoms with Crippen LogP contribution in [0.2, 0.25) is 5.02 Å². The maximum Gasteiger partial charge on any atom is 0.292 e. The van der Waals surface area contributed by atoms with Gasteiger partial charge in [0, 0.05) is 5.56 Å². The lowest BCUT2D eigenvalue weighted by Crippen LogP contribution is -2.22. The number of hydrogen-bond acceptors (Lipinski definition) is 6. The van der Waals surface area contributed by atoms with Gasteiger partial charge in [0.2, 0.25) is 0 Å². The van der Waals surface area contributed by atoms with Crippen molar-refractivity contribution in [2.75, 3.05) is 12.5 Å². The van der Waals surface area contributed by atoms with Crippen LogP contribution in [0.5, 0.6) is 11.5 Å². The third-order valence-corrected chi connectivity index (χ3v) is 4.93. The molecule has 2 N–H and O–H groups in total. The van der Waals surface area contributed by atoms with Crippen LogP contribution in [0.15, 0.2) is 76.8 Å². The van der Waals surface area contributed by atoms with Crippen LogP contribution >= 0.6 is 11.6 Å². The predicted octanol–water partition coefficient (Wildman–Crippen LogP) is 4.20. The lowest BCUT2D eigenvalue weighted by molar-refractivity contribution is 0.414. The number of aromatic hydroxyl groups is 1. The molecule has 4 rings (SSSR count). The molecule has 0 saturated heterocycles. The van der Waals surface area contributed by atoms with E-state index in [0.717, 1.165) is 10.8 Å². The Morgan fingerprint density at radius 3 is 2.67 bits per heavy atom. The summed E-state index contributed by atoms with van der Waals surface area (Å²) in [6.07, 6.45) is 2.89. The van der Waals surface area contributed by atoms with Gasteiger partial charge in [-0.15, -0.1) is 0 Å². The molecule has 0 unspecified atom stereocenters. The molecule has 0 spiro atoms. The number of benzene rings is 3. The maximum atomic E-state index is 12.6. The van der Waals surface area contributed by atoms with Crippen molar-refractivity contribution in [2.24, 2.45) is 5.10 Å². The van der Waals surface area contributed by atoms with Crippen LogP contribution in [0.25, 0.3) is 16.5 Å². The summed E-state index contributed by atoms with van der Waals surface area (Å²) < 4.78 is 6.30. The zero-order chi connectivity index (χ0) is 21.1. The first-order valence-electron chi connectivity index (χ1n) is 9.00. The normalized spacial score (nSPS) is 11.1. The van der Waals surface area contributed by atoms with Crippen LogP contribution in [0.4, 0.5) is 5.69 Å². The van der Waals surface area contributed by atoms with E-state index in [1.54, 1.807) is 37.4 Å². The summed E-state index contributed by atoms with van der Waals surface area (Å²) in [5.74, 6) is 0.764. The highest BCUT2D eigenvalue weighted by Crippen LogP contribution is 2.25. The van der Waals surface area contributed by atoms with Crippen molar-refractivity contribution in [2.45, 2.75) is 0 Å². The smallest absolute Gasteiger partial charge is 0.292 e. The second kappa shape index (κ2) is 8.26. The Morgan fingerprint density at radius 2 is 1.90 bits per heavy atom. The topological polar surface area (TPSA) is 88.7 Å². The van der Waals surface area contributed by atoms with Crippen LogP contribution in [0.3, 0.4) is 0 Å². The molecule has 8 heteroatoms. The number of nitrogens with one attached hydrogen (secondary N) is 1. The Kier molecular flexibility index (Phi) is 5.36. The first-order chi connectivity index (χ1) is 14.6. The summed E-state index contributed by atoms with van der Waals surface area (Å²) >= 11 is 6.23. The molecule has 4 aromatic rings. The van der Waals surface area contributed by atoms with Gasteiger partial charge in [0.25, 0.3) is 5.56 Å². The number of fused-ring (bicyclic) bond motifs is 1. The number of phenols is 1. The number of nitrogens with zero attached hydrogens (tertiary/aromatic N) is 3. The second-order valence-corrected chi connectivity index (χ2v) is 6.75. The van der Waals surface area contributed by atoms with Gasteiger partial charge >= 0.3 is 0 Å². The molecule has 7 nitrogen and oxygen atoms in total. The maximum absolute atomic E-state index is 12.6. The molecule has 0 aliphatic carbocycles. The summed E-state index contributed by atoms with van der Waals surface area (Å²) in [5, 5.41) is 20.2. The van der Waals surface area contributed by atoms with Crippen molar-refractivity contribution in [3.8, 4) is 17.2 Å². The second-order valence-electron chi connectivity index (χ2n) is 6.38. The van der Waals surface area contributed by atoms with Crippen LogP contribution in [-0.2, 0) is 0 Å². The van der Waals surface area contributed by atoms with Crippen molar-refractivity contribution in [1.29, 1.82) is 0 Å². The molecule has 0 amide bonds. The minimum atomic E-state index is -0.491. The summed E-state index contributed by atoms with van der Waals surface area (Å²) in [5.41, 5.74) is 3.59. The molecule has 30 heavy (non-hydrogen) atoms. The summed E-state index contributed by atoms with van der Waals surface area (Å²) in [6.45, 7) is 0. The number of anilines is 1. The van der Waals surface area contributed by atoms with E-state index in [0.29, 0.717) is 17.0 Å². The molecule has 3 aromatic carbocycles. The molecular weight excluding hydrogens is 404 g/mol. The zero-order valence-electron chi connectivity index (χ0n) is 15.9. The van der Waals surface area contributed by atoms with Crippen molar-refractivity contribution in [1.82, 2.24) is 9.78 Å². The molecule has 0 fully saturated rings. The van der Waals surface area contributed by atoms with E-state index in [2.05, 4.69) is 15.6 Å². The fourth-order valence-electron chi connectivity index (χ4n) is 3.00. The summed E-state index contributed by atoms with van der Waals surface area (Å²) in [7, 11) is 1.56. The molecule has 0 saturated carbocycles. The number of halogens is 1. The van der Waals surface area contributed by atoms with Gasteiger partial charge in [-0.05, 0) is 41.1 Å². The predicted molar refractivity (Wildman–Crippen MR) is 118 cm³/mol. The SMILES string of the molecule is COc1ccc(-n2ncc(N/N=C\c3c(O)ccc4ccccc34)c(Cl)c2=O)cc1. The first-order valence-corrected chi connectivity index (χ1v) is 9.38. The molecule has 0 radical (unpaired) electrons. The van der Waals surface area contributed by atoms with Crippen LogP contribution in [0.1, 0.15) is 5.56 Å². The van der Waals surface area contributed by atoms with Gasteiger partial charge < -0.3 is 9.84 Å². The summed E-state index contributed by atoms with van der Waals surface area (Å²) in [6, 6.07) is 17.9. The number of hydrogen-bond donors (Lipinski definition) is 2. The molecule has 0 bridgehead atoms. The monoisotopic (exact) mass is 420 g/mol. The van der Waals surface area contributed by atoms with Gasteiger partial charge in [0.1, 0.15) is 22.2 Å². The number of hydrazone groups is 1. The molecule has 1 aromatic heterocycles. The number of methoxy groups -OCH3 is 1. The lowest BCUT2D eigenvalue weighted by atomic mass is 10.0. The largest absolute Gasteiger partial charge is 0.507 e. The Labute approximate surface area is 176 Å². The Morgan fingerprint density at radius 1 is 1.13 bits per heavy atom. The molecular formula is C22H17ClN4O3. The van der Waals surface area contributed by atoms with Gasteiger partial charge in [0.15, 0.2) is 0 Å². The highest BCUT2D eigenvalue weighted by Gasteiger charge is 2.11.